The molecule has 1 aromatic rings. The summed E-state index contributed by atoms with van der Waals surface area (Å²) in [5.74, 6) is -0.142. The number of piperazine rings is 1. The van der Waals surface area contributed by atoms with E-state index in [0.717, 1.165) is 37.6 Å². The highest BCUT2D eigenvalue weighted by Gasteiger charge is 2.27. The molecule has 1 saturated heterocycles. The molecule has 0 spiro atoms. The normalized spacial score (nSPS) is 18.1. The zero-order valence-corrected chi connectivity index (χ0v) is 13.1. The fourth-order valence-corrected chi connectivity index (χ4v) is 3.28. The van der Waals surface area contributed by atoms with Gasteiger partial charge in [-0.25, -0.2) is 4.79 Å². The second kappa shape index (κ2) is 6.41. The first-order valence-corrected chi connectivity index (χ1v) is 7.68. The van der Waals surface area contributed by atoms with E-state index in [4.69, 9.17) is 10.5 Å². The Kier molecular flexibility index (Phi) is 4.82. The molecule has 1 fully saturated rings. The first kappa shape index (κ1) is 15.1. The van der Waals surface area contributed by atoms with Gasteiger partial charge in [0.25, 0.3) is 0 Å². The predicted molar refractivity (Wildman–Crippen MR) is 81.4 cm³/mol. The summed E-state index contributed by atoms with van der Waals surface area (Å²) in [5, 5.41) is 0.832. The van der Waals surface area contributed by atoms with E-state index in [1.165, 1.54) is 18.6 Å². The zero-order valence-electron chi connectivity index (χ0n) is 12.3. The molecule has 0 radical (unpaired) electrons. The van der Waals surface area contributed by atoms with Crippen LogP contribution in [0.15, 0.2) is 0 Å². The van der Waals surface area contributed by atoms with Crippen LogP contribution in [0.5, 0.6) is 0 Å². The third kappa shape index (κ3) is 2.88. The number of esters is 1. The van der Waals surface area contributed by atoms with E-state index >= 15 is 0 Å². The lowest BCUT2D eigenvalue weighted by Gasteiger charge is -2.38. The van der Waals surface area contributed by atoms with E-state index in [0.29, 0.717) is 11.6 Å². The minimum Gasteiger partial charge on any atom is -0.465 e. The van der Waals surface area contributed by atoms with Gasteiger partial charge in [-0.05, 0) is 24.9 Å². The Balaban J connectivity index is 2.09. The maximum Gasteiger partial charge on any atom is 0.344 e. The van der Waals surface area contributed by atoms with Gasteiger partial charge in [0.1, 0.15) is 10.6 Å². The van der Waals surface area contributed by atoms with E-state index < -0.39 is 5.97 Å². The molecule has 0 bridgehead atoms. The molecular weight excluding hydrogens is 276 g/mol. The zero-order chi connectivity index (χ0) is 14.7. The van der Waals surface area contributed by atoms with Crippen molar-refractivity contribution >= 4 is 28.3 Å². The molecule has 0 aliphatic carbocycles. The van der Waals surface area contributed by atoms with Gasteiger partial charge >= 0.3 is 5.97 Å². The highest BCUT2D eigenvalue weighted by atomic mass is 32.1. The minimum atomic E-state index is -0.407. The summed E-state index contributed by atoms with van der Waals surface area (Å²) in [6, 6.07) is 0.601. The minimum absolute atomic E-state index is 0.265. The smallest absolute Gasteiger partial charge is 0.344 e. The average molecular weight is 298 g/mol. The number of nitrogens with two attached hydrogens (primary N) is 1. The fraction of sp³-hybridized carbons (Fsp3) is 0.692. The van der Waals surface area contributed by atoms with Crippen LogP contribution >= 0.6 is 11.5 Å². The maximum atomic E-state index is 11.8. The van der Waals surface area contributed by atoms with Crippen LogP contribution in [0.3, 0.4) is 0 Å². The summed E-state index contributed by atoms with van der Waals surface area (Å²) < 4.78 is 8.89. The number of carbonyl (C=O) groups is 1. The second-order valence-electron chi connectivity index (χ2n) is 5.02. The molecule has 0 saturated carbocycles. The molecule has 1 aromatic heterocycles. The molecule has 2 N–H and O–H groups in total. The average Bonchev–Trinajstić information content (AvgIpc) is 2.87. The van der Waals surface area contributed by atoms with Crippen LogP contribution in [0.2, 0.25) is 0 Å². The van der Waals surface area contributed by atoms with Crippen LogP contribution in [0.1, 0.15) is 30.6 Å². The molecule has 7 heteroatoms. The van der Waals surface area contributed by atoms with Gasteiger partial charge in [0, 0.05) is 32.2 Å². The van der Waals surface area contributed by atoms with Crippen molar-refractivity contribution in [2.75, 3.05) is 43.9 Å². The second-order valence-corrected chi connectivity index (χ2v) is 5.77. The van der Waals surface area contributed by atoms with E-state index in [2.05, 4.69) is 28.0 Å². The van der Waals surface area contributed by atoms with Gasteiger partial charge in [0.2, 0.25) is 0 Å². The molecule has 2 rings (SSSR count). The summed E-state index contributed by atoms with van der Waals surface area (Å²) >= 11 is 1.27. The molecule has 0 amide bonds. The third-order valence-corrected chi connectivity index (χ3v) is 4.83. The van der Waals surface area contributed by atoms with Crippen LogP contribution in [-0.2, 0) is 4.74 Å². The van der Waals surface area contributed by atoms with E-state index in [-0.39, 0.29) is 5.82 Å². The molecule has 1 atom stereocenters. The van der Waals surface area contributed by atoms with Crippen molar-refractivity contribution in [2.45, 2.75) is 26.3 Å². The lowest BCUT2D eigenvalue weighted by molar-refractivity contribution is 0.0602. The number of ether oxygens (including phenoxy) is 1. The first-order chi connectivity index (χ1) is 9.58. The van der Waals surface area contributed by atoms with Crippen LogP contribution in [0, 0.1) is 0 Å². The highest BCUT2D eigenvalue weighted by Crippen LogP contribution is 2.32. The molecule has 0 aromatic carbocycles. The van der Waals surface area contributed by atoms with Crippen molar-refractivity contribution in [3.63, 3.8) is 0 Å². The molecule has 1 aliphatic heterocycles. The van der Waals surface area contributed by atoms with Crippen molar-refractivity contribution < 1.29 is 9.53 Å². The summed E-state index contributed by atoms with van der Waals surface area (Å²) in [7, 11) is 1.37. The molecule has 1 aliphatic rings. The number of nitrogens with zero attached hydrogens (tertiary/aromatic N) is 3. The van der Waals surface area contributed by atoms with Crippen LogP contribution < -0.4 is 10.6 Å². The van der Waals surface area contributed by atoms with Gasteiger partial charge in [-0.1, -0.05) is 6.92 Å². The number of methoxy groups -OCH3 is 1. The number of nitrogen functional groups attached to an aromatic ring is 1. The standard InChI is InChI=1S/C13H22N4O2S/c1-4-9(2)16-5-7-17(8-6-16)12-10(13(18)19-3)11(14)15-20-12/h9H,4-8H2,1-3H3,(H2,14,15). The molecule has 112 valence electrons. The SMILES string of the molecule is CCC(C)N1CCN(c2snc(N)c2C(=O)OC)CC1. The molecular formula is C13H22N4O2S. The number of aromatic nitrogens is 1. The third-order valence-electron chi connectivity index (χ3n) is 3.91. The van der Waals surface area contributed by atoms with Crippen molar-refractivity contribution in [3.05, 3.63) is 5.56 Å². The van der Waals surface area contributed by atoms with Gasteiger partial charge in [-0.2, -0.15) is 4.37 Å². The quantitative estimate of drug-likeness (QED) is 0.848. The molecule has 2 heterocycles. The lowest BCUT2D eigenvalue weighted by Crippen LogP contribution is -2.49. The van der Waals surface area contributed by atoms with E-state index in [1.54, 1.807) is 0 Å². The number of hydrogen-bond acceptors (Lipinski definition) is 7. The monoisotopic (exact) mass is 298 g/mol. The Labute approximate surface area is 123 Å². The Morgan fingerprint density at radius 1 is 1.45 bits per heavy atom. The first-order valence-electron chi connectivity index (χ1n) is 6.90. The summed E-state index contributed by atoms with van der Waals surface area (Å²) in [4.78, 5) is 16.5. The van der Waals surface area contributed by atoms with Crippen molar-refractivity contribution in [1.29, 1.82) is 0 Å². The van der Waals surface area contributed by atoms with E-state index in [1.807, 2.05) is 0 Å². The van der Waals surface area contributed by atoms with Crippen molar-refractivity contribution in [1.82, 2.24) is 9.27 Å². The predicted octanol–water partition coefficient (Wildman–Crippen LogP) is 1.43. The van der Waals surface area contributed by atoms with Crippen molar-refractivity contribution in [3.8, 4) is 0 Å². The maximum absolute atomic E-state index is 11.8. The molecule has 6 nitrogen and oxygen atoms in total. The molecule has 20 heavy (non-hydrogen) atoms. The summed E-state index contributed by atoms with van der Waals surface area (Å²) in [6.07, 6.45) is 1.15. The van der Waals surface area contributed by atoms with Crippen LogP contribution in [-0.4, -0.2) is 54.6 Å². The Bertz CT molecular complexity index is 469. The van der Waals surface area contributed by atoms with Gasteiger partial charge in [0.05, 0.1) is 7.11 Å². The van der Waals surface area contributed by atoms with Gasteiger partial charge < -0.3 is 15.4 Å². The van der Waals surface area contributed by atoms with Gasteiger partial charge in [-0.15, -0.1) is 0 Å². The Morgan fingerprint density at radius 3 is 2.65 bits per heavy atom. The summed E-state index contributed by atoms with van der Waals surface area (Å²) in [6.45, 7) is 8.21. The topological polar surface area (TPSA) is 71.7 Å². The van der Waals surface area contributed by atoms with Crippen LogP contribution in [0.25, 0.3) is 0 Å². The number of rotatable bonds is 4. The number of carbonyl (C=O) groups excluding carboxylic acids is 1. The highest BCUT2D eigenvalue weighted by molar-refractivity contribution is 7.11. The largest absolute Gasteiger partial charge is 0.465 e. The number of anilines is 2. The summed E-state index contributed by atoms with van der Waals surface area (Å²) in [5.41, 5.74) is 6.19. The van der Waals surface area contributed by atoms with E-state index in [9.17, 15) is 4.79 Å². The van der Waals surface area contributed by atoms with Crippen molar-refractivity contribution in [2.24, 2.45) is 0 Å². The van der Waals surface area contributed by atoms with Gasteiger partial charge in [-0.3, -0.25) is 4.90 Å². The molecule has 1 unspecified atom stereocenters. The van der Waals surface area contributed by atoms with Gasteiger partial charge in [0.15, 0.2) is 5.82 Å². The number of hydrogen-bond donors (Lipinski definition) is 1. The Morgan fingerprint density at radius 2 is 2.10 bits per heavy atom. The fourth-order valence-electron chi connectivity index (χ4n) is 2.43. The Hall–Kier alpha value is -1.34. The van der Waals surface area contributed by atoms with Crippen LogP contribution in [0.4, 0.5) is 10.8 Å². The lowest BCUT2D eigenvalue weighted by atomic mass is 10.2.